The molecule has 0 unspecified atom stereocenters. The highest BCUT2D eigenvalue weighted by Crippen LogP contribution is 2.51. The molecule has 1 aliphatic carbocycles. The van der Waals surface area contributed by atoms with Gasteiger partial charge in [-0.05, 0) is 47.7 Å². The summed E-state index contributed by atoms with van der Waals surface area (Å²) in [5.74, 6) is 1.01. The van der Waals surface area contributed by atoms with Crippen molar-refractivity contribution in [3.63, 3.8) is 0 Å². The molecule has 0 saturated heterocycles. The van der Waals surface area contributed by atoms with Crippen LogP contribution in [-0.4, -0.2) is 0 Å². The van der Waals surface area contributed by atoms with Crippen molar-refractivity contribution in [2.75, 3.05) is 5.32 Å². The minimum atomic E-state index is 0.271. The number of anilines is 1. The maximum atomic E-state index is 6.43. The van der Waals surface area contributed by atoms with E-state index in [0.717, 1.165) is 15.9 Å². The van der Waals surface area contributed by atoms with Gasteiger partial charge in [-0.15, -0.1) is 0 Å². The molecule has 0 saturated carbocycles. The van der Waals surface area contributed by atoms with E-state index in [1.54, 1.807) is 0 Å². The zero-order chi connectivity index (χ0) is 14.4. The van der Waals surface area contributed by atoms with Crippen molar-refractivity contribution < 1.29 is 0 Å². The molecule has 0 radical (unpaired) electrons. The molecule has 21 heavy (non-hydrogen) atoms. The summed E-state index contributed by atoms with van der Waals surface area (Å²) in [6.45, 7) is 0. The fraction of sp³-hybridized carbons (Fsp3) is 0.222. The molecule has 1 heterocycles. The smallest absolute Gasteiger partial charge is 0.0568 e. The van der Waals surface area contributed by atoms with E-state index >= 15 is 0 Å². The Morgan fingerprint density at radius 3 is 2.81 bits per heavy atom. The average molecular weight is 361 g/mol. The SMILES string of the molecule is Clc1ccccc1[C@H]1Nc2ccc(Br)cc2[C@@H]2C=CC[C@@H]12. The molecule has 106 valence electrons. The van der Waals surface area contributed by atoms with Crippen LogP contribution in [0.4, 0.5) is 5.69 Å². The van der Waals surface area contributed by atoms with Crippen molar-refractivity contribution in [3.05, 3.63) is 75.2 Å². The summed E-state index contributed by atoms with van der Waals surface area (Å²) in [6, 6.07) is 14.9. The second-order valence-electron chi connectivity index (χ2n) is 5.73. The van der Waals surface area contributed by atoms with Gasteiger partial charge in [0.15, 0.2) is 0 Å². The highest BCUT2D eigenvalue weighted by atomic mass is 79.9. The number of hydrogen-bond acceptors (Lipinski definition) is 1. The van der Waals surface area contributed by atoms with Gasteiger partial charge in [0, 0.05) is 21.1 Å². The lowest BCUT2D eigenvalue weighted by Crippen LogP contribution is -2.29. The molecule has 4 rings (SSSR count). The van der Waals surface area contributed by atoms with E-state index in [9.17, 15) is 0 Å². The van der Waals surface area contributed by atoms with Crippen LogP contribution < -0.4 is 5.32 Å². The second kappa shape index (κ2) is 5.19. The lowest BCUT2D eigenvalue weighted by Gasteiger charge is -2.38. The molecule has 1 aliphatic heterocycles. The topological polar surface area (TPSA) is 12.0 Å². The predicted octanol–water partition coefficient (Wildman–Crippen LogP) is 5.93. The van der Waals surface area contributed by atoms with Gasteiger partial charge in [-0.1, -0.05) is 57.9 Å². The minimum Gasteiger partial charge on any atom is -0.378 e. The van der Waals surface area contributed by atoms with E-state index in [-0.39, 0.29) is 6.04 Å². The zero-order valence-corrected chi connectivity index (χ0v) is 13.7. The minimum absolute atomic E-state index is 0.271. The normalized spacial score (nSPS) is 26.1. The number of hydrogen-bond donors (Lipinski definition) is 1. The Hall–Kier alpha value is -1.25. The first kappa shape index (κ1) is 13.4. The number of benzene rings is 2. The third-order valence-corrected chi connectivity index (χ3v) is 5.40. The van der Waals surface area contributed by atoms with Crippen LogP contribution in [0, 0.1) is 5.92 Å². The Morgan fingerprint density at radius 1 is 1.10 bits per heavy atom. The predicted molar refractivity (Wildman–Crippen MR) is 91.9 cm³/mol. The Bertz CT molecular complexity index is 725. The number of fused-ring (bicyclic) bond motifs is 3. The Labute approximate surface area is 138 Å². The van der Waals surface area contributed by atoms with Gasteiger partial charge in [0.1, 0.15) is 0 Å². The van der Waals surface area contributed by atoms with Crippen molar-refractivity contribution in [3.8, 4) is 0 Å². The van der Waals surface area contributed by atoms with Crippen LogP contribution in [0.15, 0.2) is 59.1 Å². The first-order chi connectivity index (χ1) is 10.2. The highest BCUT2D eigenvalue weighted by molar-refractivity contribution is 9.10. The number of rotatable bonds is 1. The molecule has 0 fully saturated rings. The molecule has 0 bridgehead atoms. The van der Waals surface area contributed by atoms with Crippen LogP contribution in [0.1, 0.15) is 29.5 Å². The third kappa shape index (κ3) is 2.21. The first-order valence-corrected chi connectivity index (χ1v) is 8.38. The number of allylic oxidation sites excluding steroid dienone is 2. The van der Waals surface area contributed by atoms with Crippen molar-refractivity contribution in [2.24, 2.45) is 5.92 Å². The van der Waals surface area contributed by atoms with Crippen molar-refractivity contribution in [1.29, 1.82) is 0 Å². The lowest BCUT2D eigenvalue weighted by molar-refractivity contribution is 0.425. The highest BCUT2D eigenvalue weighted by Gasteiger charge is 2.38. The maximum absolute atomic E-state index is 6.43. The molecule has 1 nitrogen and oxygen atoms in total. The van der Waals surface area contributed by atoms with Gasteiger partial charge >= 0.3 is 0 Å². The lowest BCUT2D eigenvalue weighted by atomic mass is 9.77. The number of nitrogens with one attached hydrogen (secondary N) is 1. The summed E-state index contributed by atoms with van der Waals surface area (Å²) < 4.78 is 1.14. The van der Waals surface area contributed by atoms with Crippen molar-refractivity contribution in [1.82, 2.24) is 0 Å². The van der Waals surface area contributed by atoms with E-state index in [4.69, 9.17) is 11.6 Å². The molecule has 3 atom stereocenters. The second-order valence-corrected chi connectivity index (χ2v) is 7.05. The molecule has 0 amide bonds. The summed E-state index contributed by atoms with van der Waals surface area (Å²) in [6.07, 6.45) is 5.75. The van der Waals surface area contributed by atoms with Gasteiger partial charge in [0.2, 0.25) is 0 Å². The molecule has 2 aromatic carbocycles. The molecule has 3 heteroatoms. The van der Waals surface area contributed by atoms with Crippen LogP contribution in [0.2, 0.25) is 5.02 Å². The molecular formula is C18H15BrClN. The van der Waals surface area contributed by atoms with Crippen LogP contribution >= 0.6 is 27.5 Å². The summed E-state index contributed by atoms with van der Waals surface area (Å²) in [7, 11) is 0. The summed E-state index contributed by atoms with van der Waals surface area (Å²) in [5, 5.41) is 4.56. The van der Waals surface area contributed by atoms with Crippen LogP contribution in [0.5, 0.6) is 0 Å². The number of halogens is 2. The molecular weight excluding hydrogens is 346 g/mol. The molecule has 1 N–H and O–H groups in total. The molecule has 0 spiro atoms. The zero-order valence-electron chi connectivity index (χ0n) is 11.4. The van der Waals surface area contributed by atoms with Gasteiger partial charge in [0.05, 0.1) is 6.04 Å². The van der Waals surface area contributed by atoms with Crippen LogP contribution in [-0.2, 0) is 0 Å². The van der Waals surface area contributed by atoms with Gasteiger partial charge in [-0.2, -0.15) is 0 Å². The van der Waals surface area contributed by atoms with Crippen molar-refractivity contribution >= 4 is 33.2 Å². The van der Waals surface area contributed by atoms with Crippen molar-refractivity contribution in [2.45, 2.75) is 18.4 Å². The quantitative estimate of drug-likeness (QED) is 0.622. The average Bonchev–Trinajstić information content (AvgIpc) is 2.97. The summed E-state index contributed by atoms with van der Waals surface area (Å²) in [5.41, 5.74) is 3.80. The molecule has 0 aromatic heterocycles. The van der Waals surface area contributed by atoms with E-state index < -0.39 is 0 Å². The molecule has 2 aromatic rings. The van der Waals surface area contributed by atoms with Gasteiger partial charge < -0.3 is 5.32 Å². The van der Waals surface area contributed by atoms with Gasteiger partial charge in [-0.25, -0.2) is 0 Å². The monoisotopic (exact) mass is 359 g/mol. The Kier molecular flexibility index (Phi) is 3.31. The van der Waals surface area contributed by atoms with Crippen LogP contribution in [0.3, 0.4) is 0 Å². The Morgan fingerprint density at radius 2 is 1.95 bits per heavy atom. The fourth-order valence-corrected chi connectivity index (χ4v) is 4.23. The third-order valence-electron chi connectivity index (χ3n) is 4.57. The van der Waals surface area contributed by atoms with Crippen LogP contribution in [0.25, 0.3) is 0 Å². The Balaban J connectivity index is 1.82. The standard InChI is InChI=1S/C18H15BrClN/c19-11-8-9-17-15(10-11)12-5-3-6-13(12)18(21-17)14-4-1-2-7-16(14)20/h1-5,7-10,12-13,18,21H,6H2/t12-,13-,18+/m1/s1. The van der Waals surface area contributed by atoms with Gasteiger partial charge in [-0.3, -0.25) is 0 Å². The largest absolute Gasteiger partial charge is 0.378 e. The fourth-order valence-electron chi connectivity index (χ4n) is 3.60. The summed E-state index contributed by atoms with van der Waals surface area (Å²) >= 11 is 10.0. The summed E-state index contributed by atoms with van der Waals surface area (Å²) in [4.78, 5) is 0. The van der Waals surface area contributed by atoms with E-state index in [0.29, 0.717) is 11.8 Å². The van der Waals surface area contributed by atoms with Gasteiger partial charge in [0.25, 0.3) is 0 Å². The van der Waals surface area contributed by atoms with E-state index in [1.807, 2.05) is 12.1 Å². The van der Waals surface area contributed by atoms with E-state index in [2.05, 4.69) is 63.7 Å². The first-order valence-electron chi connectivity index (χ1n) is 7.21. The maximum Gasteiger partial charge on any atom is 0.0568 e. The van der Waals surface area contributed by atoms with E-state index in [1.165, 1.54) is 16.8 Å². The molecule has 2 aliphatic rings.